The molecule has 0 unspecified atom stereocenters. The quantitative estimate of drug-likeness (QED) is 0.140. The van der Waals surface area contributed by atoms with Crippen molar-refractivity contribution >= 4 is 23.7 Å². The number of methoxy groups -OCH3 is 1. The third-order valence-electron chi connectivity index (χ3n) is 4.98. The minimum atomic E-state index is -4.46. The number of aldehydes is 1. The fourth-order valence-electron chi connectivity index (χ4n) is 3.01. The highest BCUT2D eigenvalue weighted by Crippen LogP contribution is 2.32. The van der Waals surface area contributed by atoms with Crippen molar-refractivity contribution in [1.29, 1.82) is 5.41 Å². The van der Waals surface area contributed by atoms with Gasteiger partial charge in [-0.15, -0.1) is 0 Å². The van der Waals surface area contributed by atoms with E-state index in [0.29, 0.717) is 16.8 Å². The van der Waals surface area contributed by atoms with E-state index in [1.54, 1.807) is 43.4 Å². The van der Waals surface area contributed by atoms with Gasteiger partial charge in [0.05, 0.1) is 25.0 Å². The lowest BCUT2D eigenvalue weighted by Gasteiger charge is -2.12. The van der Waals surface area contributed by atoms with Gasteiger partial charge in [0.25, 0.3) is 0 Å². The lowest BCUT2D eigenvalue weighted by atomic mass is 9.99. The zero-order chi connectivity index (χ0) is 30.2. The molecule has 0 aromatic heterocycles. The van der Waals surface area contributed by atoms with Gasteiger partial charge in [-0.3, -0.25) is 15.0 Å². The Morgan fingerprint density at radius 1 is 1.05 bits per heavy atom. The van der Waals surface area contributed by atoms with Crippen molar-refractivity contribution in [1.82, 2.24) is 0 Å². The molecule has 0 aliphatic heterocycles. The fraction of sp³-hybridized carbons (Fsp3) is 0.276. The maximum atomic E-state index is 13.7. The second kappa shape index (κ2) is 17.5. The summed E-state index contributed by atoms with van der Waals surface area (Å²) in [5, 5.41) is 20.2. The lowest BCUT2D eigenvalue weighted by Crippen LogP contribution is -2.09. The summed E-state index contributed by atoms with van der Waals surface area (Å²) in [5.74, 6) is -0.661. The molecule has 0 spiro atoms. The number of alkyl halides is 3. The van der Waals surface area contributed by atoms with Crippen LogP contribution in [0, 0.1) is 18.2 Å². The number of nitrogens with one attached hydrogen (secondary N) is 2. The Hall–Kier alpha value is -4.05. The minimum Gasteiger partial charge on any atom is -0.469 e. The maximum absolute atomic E-state index is 13.7. The van der Waals surface area contributed by atoms with Crippen molar-refractivity contribution in [2.24, 2.45) is 0 Å². The summed E-state index contributed by atoms with van der Waals surface area (Å²) in [6, 6.07) is 15.1. The van der Waals surface area contributed by atoms with E-state index in [1.165, 1.54) is 39.2 Å². The molecule has 10 heteroatoms. The highest BCUT2D eigenvalue weighted by Gasteiger charge is 2.33. The Morgan fingerprint density at radius 2 is 1.64 bits per heavy atom. The molecule has 0 fully saturated rings. The van der Waals surface area contributed by atoms with Crippen LogP contribution in [0.2, 0.25) is 0 Å². The summed E-state index contributed by atoms with van der Waals surface area (Å²) in [5.41, 5.74) is 1.60. The molecule has 3 aromatic carbocycles. The van der Waals surface area contributed by atoms with Crippen LogP contribution in [0.1, 0.15) is 58.9 Å². The molecule has 212 valence electrons. The molecule has 0 saturated heterocycles. The number of anilines is 1. The number of benzene rings is 3. The van der Waals surface area contributed by atoms with Gasteiger partial charge in [-0.2, -0.15) is 13.2 Å². The van der Waals surface area contributed by atoms with Crippen molar-refractivity contribution in [2.75, 3.05) is 19.5 Å². The molecule has 0 heterocycles. The maximum Gasteiger partial charge on any atom is 0.417 e. The number of hydrogen-bond acceptors (Lipinski definition) is 6. The number of ether oxygens (including phenoxy) is 1. The van der Waals surface area contributed by atoms with Crippen LogP contribution in [-0.2, 0) is 22.3 Å². The van der Waals surface area contributed by atoms with Crippen LogP contribution in [0.25, 0.3) is 0 Å². The number of carbonyl (C=O) groups excluding carboxylic acids is 2. The molecule has 6 nitrogen and oxygen atoms in total. The van der Waals surface area contributed by atoms with Crippen LogP contribution in [0.15, 0.2) is 60.7 Å². The first kappa shape index (κ1) is 35.0. The predicted octanol–water partition coefficient (Wildman–Crippen LogP) is 6.81. The lowest BCUT2D eigenvalue weighted by molar-refractivity contribution is -0.138. The third kappa shape index (κ3) is 11.1. The van der Waals surface area contributed by atoms with Crippen molar-refractivity contribution < 1.29 is 37.0 Å². The average molecular weight is 551 g/mol. The summed E-state index contributed by atoms with van der Waals surface area (Å²) in [4.78, 5) is 20.0. The topological polar surface area (TPSA) is 99.5 Å². The zero-order valence-electron chi connectivity index (χ0n) is 22.7. The standard InChI is InChI=1S/C15H15FN2O.C9H7F3O.C3H6O2.C2H6/c1-18-14-8-10(9-19)6-7-12(14)15(17)11-4-2-3-5-13(11)16;1-6-3-2-4-8(7(6)5-13)9(10,11)12;1-3(4)5-2;1-2/h2-8,17-19H,9H2,1H3;2-5H,1H3;1-2H3;1-2H3. The van der Waals surface area contributed by atoms with E-state index in [0.717, 1.165) is 11.6 Å². The highest BCUT2D eigenvalue weighted by molar-refractivity contribution is 6.14. The number of aliphatic hydroxyl groups is 1. The van der Waals surface area contributed by atoms with Gasteiger partial charge in [0.2, 0.25) is 0 Å². The molecule has 3 rings (SSSR count). The van der Waals surface area contributed by atoms with Gasteiger partial charge in [-0.1, -0.05) is 50.2 Å². The third-order valence-corrected chi connectivity index (χ3v) is 4.98. The second-order valence-electron chi connectivity index (χ2n) is 7.49. The Morgan fingerprint density at radius 3 is 2.08 bits per heavy atom. The number of aliphatic hydroxyl groups excluding tert-OH is 1. The molecule has 39 heavy (non-hydrogen) atoms. The summed E-state index contributed by atoms with van der Waals surface area (Å²) in [6.07, 6.45) is -4.22. The summed E-state index contributed by atoms with van der Waals surface area (Å²) < 4.78 is 54.6. The molecular formula is C29H34F4N2O4. The van der Waals surface area contributed by atoms with E-state index in [4.69, 9.17) is 10.5 Å². The number of halogens is 4. The Bertz CT molecular complexity index is 1230. The number of aryl methyl sites for hydroxylation is 1. The Kier molecular flexibility index (Phi) is 15.6. The molecule has 0 aliphatic carbocycles. The first-order valence-corrected chi connectivity index (χ1v) is 11.8. The van der Waals surface area contributed by atoms with E-state index >= 15 is 0 Å². The number of hydrogen-bond donors (Lipinski definition) is 3. The van der Waals surface area contributed by atoms with Gasteiger partial charge in [-0.05, 0) is 42.3 Å². The van der Waals surface area contributed by atoms with Crippen LogP contribution in [0.4, 0.5) is 23.2 Å². The van der Waals surface area contributed by atoms with Gasteiger partial charge in [0.15, 0.2) is 6.29 Å². The number of carbonyl (C=O) groups is 2. The number of esters is 1. The number of rotatable bonds is 5. The molecule has 0 aliphatic rings. The first-order chi connectivity index (χ1) is 18.4. The SMILES string of the molecule is CC.CNc1cc(CO)ccc1C(=N)c1ccccc1F.COC(C)=O.Cc1cccc(C(F)(F)F)c1C=O. The normalized spacial score (nSPS) is 9.82. The van der Waals surface area contributed by atoms with E-state index in [9.17, 15) is 27.2 Å². The largest absolute Gasteiger partial charge is 0.469 e. The van der Waals surface area contributed by atoms with Crippen molar-refractivity contribution in [3.8, 4) is 0 Å². The molecule has 0 amide bonds. The molecule has 0 bridgehead atoms. The van der Waals surface area contributed by atoms with Gasteiger partial charge in [-0.25, -0.2) is 4.39 Å². The van der Waals surface area contributed by atoms with Crippen molar-refractivity contribution in [2.45, 2.75) is 40.5 Å². The fourth-order valence-corrected chi connectivity index (χ4v) is 3.01. The van der Waals surface area contributed by atoms with Gasteiger partial charge in [0.1, 0.15) is 5.82 Å². The van der Waals surface area contributed by atoms with Gasteiger partial charge < -0.3 is 15.2 Å². The van der Waals surface area contributed by atoms with Gasteiger partial charge in [0, 0.05) is 36.3 Å². The van der Waals surface area contributed by atoms with Gasteiger partial charge >= 0.3 is 12.1 Å². The van der Waals surface area contributed by atoms with E-state index in [2.05, 4.69) is 10.1 Å². The summed E-state index contributed by atoms with van der Waals surface area (Å²) >= 11 is 0. The van der Waals surface area contributed by atoms with Crippen molar-refractivity contribution in [3.05, 3.63) is 99.9 Å². The summed E-state index contributed by atoms with van der Waals surface area (Å²) in [6.45, 7) is 6.76. The van der Waals surface area contributed by atoms with Crippen LogP contribution >= 0.6 is 0 Å². The smallest absolute Gasteiger partial charge is 0.417 e. The van der Waals surface area contributed by atoms with Crippen LogP contribution in [-0.4, -0.2) is 37.2 Å². The van der Waals surface area contributed by atoms with E-state index < -0.39 is 17.6 Å². The molecule has 3 aromatic rings. The second-order valence-corrected chi connectivity index (χ2v) is 7.49. The predicted molar refractivity (Wildman–Crippen MR) is 145 cm³/mol. The molecule has 3 N–H and O–H groups in total. The van der Waals surface area contributed by atoms with Crippen molar-refractivity contribution in [3.63, 3.8) is 0 Å². The van der Waals surface area contributed by atoms with Crippen LogP contribution < -0.4 is 5.32 Å². The Balaban J connectivity index is 0.000000625. The van der Waals surface area contributed by atoms with Crippen LogP contribution in [0.3, 0.4) is 0 Å². The van der Waals surface area contributed by atoms with Crippen LogP contribution in [0.5, 0.6) is 0 Å². The molecule has 0 saturated carbocycles. The Labute approximate surface area is 226 Å². The monoisotopic (exact) mass is 550 g/mol. The minimum absolute atomic E-state index is 0.0675. The van der Waals surface area contributed by atoms with E-state index in [-0.39, 0.29) is 35.7 Å². The van der Waals surface area contributed by atoms with E-state index in [1.807, 2.05) is 13.8 Å². The average Bonchev–Trinajstić information content (AvgIpc) is 2.93. The molecule has 0 radical (unpaired) electrons. The molecular weight excluding hydrogens is 516 g/mol. The molecule has 0 atom stereocenters. The highest BCUT2D eigenvalue weighted by atomic mass is 19.4. The first-order valence-electron chi connectivity index (χ1n) is 11.8. The zero-order valence-corrected chi connectivity index (χ0v) is 22.7. The summed E-state index contributed by atoms with van der Waals surface area (Å²) in [7, 11) is 3.08.